The Balaban J connectivity index is 1.43. The second-order valence-corrected chi connectivity index (χ2v) is 8.10. The van der Waals surface area contributed by atoms with Crippen LogP contribution in [-0.2, 0) is 6.42 Å². The molecule has 1 atom stereocenters. The van der Waals surface area contributed by atoms with Crippen molar-refractivity contribution >= 4 is 17.5 Å². The fourth-order valence-corrected chi connectivity index (χ4v) is 4.62. The number of fused-ring (bicyclic) bond motifs is 2. The quantitative estimate of drug-likeness (QED) is 0.633. The number of piperidine rings is 1. The molecule has 0 N–H and O–H groups in total. The number of alkyl halides is 2. The van der Waals surface area contributed by atoms with Gasteiger partial charge in [-0.1, -0.05) is 0 Å². The third-order valence-electron chi connectivity index (χ3n) is 6.15. The molecule has 1 aliphatic carbocycles. The first-order valence-electron chi connectivity index (χ1n) is 10.4. The molecule has 1 amide bonds. The lowest BCUT2D eigenvalue weighted by Gasteiger charge is -2.32. The molecule has 3 aromatic heterocycles. The Hall–Kier alpha value is -3.17. The number of rotatable bonds is 3. The predicted octanol–water partition coefficient (Wildman–Crippen LogP) is 3.50. The van der Waals surface area contributed by atoms with E-state index >= 15 is 0 Å². The minimum atomic E-state index is -2.72. The molecule has 8 nitrogen and oxygen atoms in total. The van der Waals surface area contributed by atoms with Gasteiger partial charge in [0.1, 0.15) is 17.8 Å². The third kappa shape index (κ3) is 3.30. The van der Waals surface area contributed by atoms with Crippen molar-refractivity contribution in [2.75, 3.05) is 13.1 Å². The summed E-state index contributed by atoms with van der Waals surface area (Å²) >= 11 is 0. The van der Waals surface area contributed by atoms with Gasteiger partial charge in [-0.05, 0) is 32.3 Å². The van der Waals surface area contributed by atoms with Crippen molar-refractivity contribution in [2.24, 2.45) is 0 Å². The van der Waals surface area contributed by atoms with E-state index in [0.29, 0.717) is 54.9 Å². The highest BCUT2D eigenvalue weighted by Crippen LogP contribution is 2.33. The lowest BCUT2D eigenvalue weighted by Crippen LogP contribution is -2.39. The van der Waals surface area contributed by atoms with Crippen molar-refractivity contribution in [1.82, 2.24) is 24.5 Å². The maximum absolute atomic E-state index is 13.5. The standard InChI is InChI=1S/C21H21F2N5O3/c1-11-17-15(29)5-2-6-16(17)31-18(11)20(30)27-7-3-4-12(9-27)13-8-14(19(22)23)28-21(26-13)24-10-25-28/h8,10,12,19H,2-7,9H2,1H3. The van der Waals surface area contributed by atoms with Crippen molar-refractivity contribution in [3.05, 3.63) is 46.4 Å². The number of aryl methyl sites for hydroxylation is 1. The number of hydrogen-bond acceptors (Lipinski definition) is 6. The molecule has 2 aliphatic rings. The van der Waals surface area contributed by atoms with Crippen LogP contribution in [0.25, 0.3) is 5.78 Å². The average molecular weight is 429 g/mol. The number of amides is 1. The summed E-state index contributed by atoms with van der Waals surface area (Å²) in [6.07, 6.45) is 1.74. The van der Waals surface area contributed by atoms with E-state index in [2.05, 4.69) is 15.1 Å². The first-order chi connectivity index (χ1) is 14.9. The van der Waals surface area contributed by atoms with Gasteiger partial charge < -0.3 is 9.32 Å². The molecule has 162 valence electrons. The van der Waals surface area contributed by atoms with Crippen LogP contribution in [0.4, 0.5) is 8.78 Å². The zero-order chi connectivity index (χ0) is 21.7. The van der Waals surface area contributed by atoms with Crippen molar-refractivity contribution < 1.29 is 22.8 Å². The van der Waals surface area contributed by atoms with Crippen LogP contribution < -0.4 is 0 Å². The van der Waals surface area contributed by atoms with Gasteiger partial charge in [0.25, 0.3) is 18.1 Å². The number of nitrogens with zero attached hydrogens (tertiary/aromatic N) is 5. The van der Waals surface area contributed by atoms with Crippen LogP contribution in [0, 0.1) is 6.92 Å². The molecule has 0 bridgehead atoms. The molecule has 5 rings (SSSR count). The largest absolute Gasteiger partial charge is 0.455 e. The molecule has 4 heterocycles. The Morgan fingerprint density at radius 1 is 1.29 bits per heavy atom. The molecule has 3 aromatic rings. The van der Waals surface area contributed by atoms with Crippen LogP contribution in [0.3, 0.4) is 0 Å². The molecule has 1 fully saturated rings. The summed E-state index contributed by atoms with van der Waals surface area (Å²) in [5.74, 6) is 0.444. The van der Waals surface area contributed by atoms with Gasteiger partial charge in [0.2, 0.25) is 0 Å². The number of halogens is 2. The van der Waals surface area contributed by atoms with E-state index in [4.69, 9.17) is 4.42 Å². The Kier molecular flexibility index (Phi) is 4.79. The highest BCUT2D eigenvalue weighted by Gasteiger charge is 2.33. The summed E-state index contributed by atoms with van der Waals surface area (Å²) in [5, 5.41) is 3.82. The van der Waals surface area contributed by atoms with E-state index in [9.17, 15) is 18.4 Å². The molecule has 0 saturated carbocycles. The maximum atomic E-state index is 13.5. The Labute approximate surface area is 176 Å². The van der Waals surface area contributed by atoms with Crippen LogP contribution in [0.1, 0.15) is 81.7 Å². The van der Waals surface area contributed by atoms with Crippen molar-refractivity contribution in [3.63, 3.8) is 0 Å². The summed E-state index contributed by atoms with van der Waals surface area (Å²) in [6.45, 7) is 2.61. The smallest absolute Gasteiger partial charge is 0.289 e. The van der Waals surface area contributed by atoms with Gasteiger partial charge in [-0.3, -0.25) is 9.59 Å². The predicted molar refractivity (Wildman–Crippen MR) is 104 cm³/mol. The lowest BCUT2D eigenvalue weighted by atomic mass is 9.92. The van der Waals surface area contributed by atoms with E-state index in [-0.39, 0.29) is 34.8 Å². The number of carbonyl (C=O) groups excluding carboxylic acids is 2. The van der Waals surface area contributed by atoms with Crippen LogP contribution in [0.15, 0.2) is 16.8 Å². The normalized spacial score (nSPS) is 19.3. The number of carbonyl (C=O) groups is 2. The number of likely N-dealkylation sites (tertiary alicyclic amines) is 1. The molecule has 10 heteroatoms. The van der Waals surface area contributed by atoms with Crippen LogP contribution in [0.2, 0.25) is 0 Å². The molecule has 1 unspecified atom stereocenters. The molecule has 0 radical (unpaired) electrons. The minimum absolute atomic E-state index is 0.0170. The molecule has 1 saturated heterocycles. The van der Waals surface area contributed by atoms with Gasteiger partial charge in [-0.2, -0.15) is 14.6 Å². The number of furan rings is 1. The molecule has 1 aliphatic heterocycles. The van der Waals surface area contributed by atoms with Crippen molar-refractivity contribution in [2.45, 2.75) is 51.4 Å². The van der Waals surface area contributed by atoms with Gasteiger partial charge in [0.15, 0.2) is 11.5 Å². The van der Waals surface area contributed by atoms with E-state index in [1.54, 1.807) is 11.8 Å². The van der Waals surface area contributed by atoms with Crippen molar-refractivity contribution in [1.29, 1.82) is 0 Å². The molecule has 31 heavy (non-hydrogen) atoms. The molecular weight excluding hydrogens is 408 g/mol. The zero-order valence-electron chi connectivity index (χ0n) is 17.0. The highest BCUT2D eigenvalue weighted by atomic mass is 19.3. The fourth-order valence-electron chi connectivity index (χ4n) is 4.62. The maximum Gasteiger partial charge on any atom is 0.289 e. The number of hydrogen-bond donors (Lipinski definition) is 0. The van der Waals surface area contributed by atoms with Gasteiger partial charge in [-0.25, -0.2) is 13.8 Å². The molecule has 0 spiro atoms. The zero-order valence-corrected chi connectivity index (χ0v) is 17.0. The second-order valence-electron chi connectivity index (χ2n) is 8.10. The van der Waals surface area contributed by atoms with Gasteiger partial charge >= 0.3 is 0 Å². The van der Waals surface area contributed by atoms with Crippen molar-refractivity contribution in [3.8, 4) is 0 Å². The van der Waals surface area contributed by atoms with E-state index in [1.165, 1.54) is 12.4 Å². The summed E-state index contributed by atoms with van der Waals surface area (Å²) < 4.78 is 33.9. The number of Topliss-reactive ketones (excluding diaryl/α,β-unsaturated/α-hetero) is 1. The monoisotopic (exact) mass is 429 g/mol. The lowest BCUT2D eigenvalue weighted by molar-refractivity contribution is 0.0669. The highest BCUT2D eigenvalue weighted by molar-refractivity contribution is 6.03. The topological polar surface area (TPSA) is 93.6 Å². The number of ketones is 1. The minimum Gasteiger partial charge on any atom is -0.455 e. The Morgan fingerprint density at radius 3 is 2.90 bits per heavy atom. The summed E-state index contributed by atoms with van der Waals surface area (Å²) in [4.78, 5) is 35.5. The second kappa shape index (κ2) is 7.51. The van der Waals surface area contributed by atoms with E-state index < -0.39 is 6.43 Å². The average Bonchev–Trinajstić information content (AvgIpc) is 3.37. The fraction of sp³-hybridized carbons (Fsp3) is 0.476. The number of aromatic nitrogens is 4. The first kappa shape index (κ1) is 19.8. The first-order valence-corrected chi connectivity index (χ1v) is 10.4. The molecular formula is C21H21F2N5O3. The van der Waals surface area contributed by atoms with Crippen LogP contribution in [-0.4, -0.2) is 49.3 Å². The third-order valence-corrected chi connectivity index (χ3v) is 6.15. The van der Waals surface area contributed by atoms with E-state index in [1.807, 2.05) is 0 Å². The summed E-state index contributed by atoms with van der Waals surface area (Å²) in [6, 6.07) is 1.35. The molecule has 0 aromatic carbocycles. The van der Waals surface area contributed by atoms with Crippen LogP contribution in [0.5, 0.6) is 0 Å². The van der Waals surface area contributed by atoms with E-state index in [0.717, 1.165) is 17.4 Å². The Morgan fingerprint density at radius 2 is 2.13 bits per heavy atom. The van der Waals surface area contributed by atoms with Gasteiger partial charge in [0, 0.05) is 37.4 Å². The van der Waals surface area contributed by atoms with Crippen LogP contribution >= 0.6 is 0 Å². The summed E-state index contributed by atoms with van der Waals surface area (Å²) in [5.41, 5.74) is 1.34. The summed E-state index contributed by atoms with van der Waals surface area (Å²) in [7, 11) is 0. The Bertz CT molecular complexity index is 1190. The van der Waals surface area contributed by atoms with Gasteiger partial charge in [-0.15, -0.1) is 0 Å². The SMILES string of the molecule is Cc1c(C(=O)N2CCCC(c3cc(C(F)F)n4ncnc4n3)C2)oc2c1C(=O)CCC2. The van der Waals surface area contributed by atoms with Gasteiger partial charge in [0.05, 0.1) is 11.3 Å².